The average molecular weight is 253 g/mol. The highest BCUT2D eigenvalue weighted by molar-refractivity contribution is 5.36. The summed E-state index contributed by atoms with van der Waals surface area (Å²) in [4.78, 5) is 8.16. The molecule has 0 saturated carbocycles. The molecule has 1 rings (SSSR count). The molecule has 0 atom stereocenters. The molecule has 0 aromatic carbocycles. The molecule has 0 amide bonds. The van der Waals surface area contributed by atoms with E-state index in [-0.39, 0.29) is 0 Å². The van der Waals surface area contributed by atoms with Crippen LogP contribution in [0.4, 0.5) is 5.82 Å². The van der Waals surface area contributed by atoms with E-state index in [4.69, 9.17) is 9.47 Å². The highest BCUT2D eigenvalue weighted by Gasteiger charge is 1.98. The van der Waals surface area contributed by atoms with Crippen molar-refractivity contribution in [3.8, 4) is 5.88 Å². The van der Waals surface area contributed by atoms with Crippen molar-refractivity contribution in [2.45, 2.75) is 33.1 Å². The molecule has 0 spiro atoms. The molecule has 0 aliphatic rings. The van der Waals surface area contributed by atoms with Crippen LogP contribution in [0.25, 0.3) is 0 Å². The topological polar surface area (TPSA) is 56.3 Å². The number of anilines is 1. The van der Waals surface area contributed by atoms with Crippen LogP contribution >= 0.6 is 0 Å². The third kappa shape index (κ3) is 6.39. The van der Waals surface area contributed by atoms with Gasteiger partial charge in [0.2, 0.25) is 5.88 Å². The molecule has 0 aliphatic heterocycles. The van der Waals surface area contributed by atoms with Crippen LogP contribution in [-0.2, 0) is 4.74 Å². The number of nitrogens with one attached hydrogen (secondary N) is 1. The van der Waals surface area contributed by atoms with Crippen LogP contribution in [0.2, 0.25) is 0 Å². The first-order valence-corrected chi connectivity index (χ1v) is 6.63. The molecule has 5 nitrogen and oxygen atoms in total. The third-order valence-electron chi connectivity index (χ3n) is 2.29. The summed E-state index contributed by atoms with van der Waals surface area (Å²) in [5.41, 5.74) is 0. The zero-order chi connectivity index (χ0) is 13.1. The van der Waals surface area contributed by atoms with Crippen LogP contribution in [0.5, 0.6) is 5.88 Å². The first kappa shape index (κ1) is 14.7. The number of aromatic nitrogens is 2. The Kier molecular flexibility index (Phi) is 7.88. The van der Waals surface area contributed by atoms with Gasteiger partial charge in [0.15, 0.2) is 0 Å². The van der Waals surface area contributed by atoms with Crippen LogP contribution in [0, 0.1) is 0 Å². The summed E-state index contributed by atoms with van der Waals surface area (Å²) in [6, 6.07) is 1.81. The van der Waals surface area contributed by atoms with Gasteiger partial charge in [-0.15, -0.1) is 0 Å². The number of rotatable bonds is 10. The fourth-order valence-electron chi connectivity index (χ4n) is 1.32. The van der Waals surface area contributed by atoms with Crippen LogP contribution in [0.15, 0.2) is 12.4 Å². The van der Waals surface area contributed by atoms with Crippen molar-refractivity contribution in [2.24, 2.45) is 0 Å². The Morgan fingerprint density at radius 2 is 2.00 bits per heavy atom. The summed E-state index contributed by atoms with van der Waals surface area (Å²) in [5, 5.41) is 3.18. The third-order valence-corrected chi connectivity index (χ3v) is 2.29. The highest BCUT2D eigenvalue weighted by Crippen LogP contribution is 2.10. The first-order valence-electron chi connectivity index (χ1n) is 6.63. The lowest BCUT2D eigenvalue weighted by Crippen LogP contribution is -2.11. The Morgan fingerprint density at radius 1 is 1.11 bits per heavy atom. The van der Waals surface area contributed by atoms with Gasteiger partial charge in [-0.25, -0.2) is 9.97 Å². The van der Waals surface area contributed by atoms with Gasteiger partial charge in [0.1, 0.15) is 12.1 Å². The molecular formula is C13H23N3O2. The second-order valence-corrected chi connectivity index (χ2v) is 3.98. The van der Waals surface area contributed by atoms with E-state index >= 15 is 0 Å². The van der Waals surface area contributed by atoms with E-state index in [1.54, 1.807) is 0 Å². The van der Waals surface area contributed by atoms with E-state index < -0.39 is 0 Å². The number of unbranched alkanes of at least 4 members (excludes halogenated alkanes) is 1. The quantitative estimate of drug-likeness (QED) is 0.649. The molecule has 0 saturated heterocycles. The summed E-state index contributed by atoms with van der Waals surface area (Å²) in [5.74, 6) is 1.39. The minimum atomic E-state index is 0.612. The highest BCUT2D eigenvalue weighted by atomic mass is 16.5. The predicted molar refractivity (Wildman–Crippen MR) is 72.0 cm³/mol. The Hall–Kier alpha value is -1.36. The van der Waals surface area contributed by atoms with Crippen LogP contribution in [-0.4, -0.2) is 36.3 Å². The monoisotopic (exact) mass is 253 g/mol. The molecular weight excluding hydrogens is 230 g/mol. The van der Waals surface area contributed by atoms with Gasteiger partial charge in [0.05, 0.1) is 13.2 Å². The largest absolute Gasteiger partial charge is 0.478 e. The number of hydrogen-bond donors (Lipinski definition) is 1. The number of ether oxygens (including phenoxy) is 2. The van der Waals surface area contributed by atoms with Crippen molar-refractivity contribution in [2.75, 3.05) is 31.7 Å². The average Bonchev–Trinajstić information content (AvgIpc) is 2.41. The van der Waals surface area contributed by atoms with E-state index in [1.807, 2.05) is 6.07 Å². The minimum absolute atomic E-state index is 0.612. The Labute approximate surface area is 109 Å². The van der Waals surface area contributed by atoms with Gasteiger partial charge in [0.25, 0.3) is 0 Å². The summed E-state index contributed by atoms with van der Waals surface area (Å²) in [7, 11) is 0. The fraction of sp³-hybridized carbons (Fsp3) is 0.692. The molecule has 102 valence electrons. The minimum Gasteiger partial charge on any atom is -0.478 e. The SMILES string of the molecule is CCCCOCCNc1cc(OCCC)ncn1. The van der Waals surface area contributed by atoms with E-state index in [0.717, 1.165) is 38.2 Å². The molecule has 1 aromatic rings. The lowest BCUT2D eigenvalue weighted by atomic mass is 10.4. The molecule has 1 heterocycles. The van der Waals surface area contributed by atoms with Gasteiger partial charge in [0, 0.05) is 19.2 Å². The molecule has 1 N–H and O–H groups in total. The van der Waals surface area contributed by atoms with Crippen LogP contribution < -0.4 is 10.1 Å². The zero-order valence-corrected chi connectivity index (χ0v) is 11.3. The summed E-state index contributed by atoms with van der Waals surface area (Å²) in [6.45, 7) is 7.15. The maximum atomic E-state index is 5.45. The van der Waals surface area contributed by atoms with Gasteiger partial charge in [-0.1, -0.05) is 20.3 Å². The lowest BCUT2D eigenvalue weighted by molar-refractivity contribution is 0.141. The smallest absolute Gasteiger partial charge is 0.218 e. The molecule has 0 aliphatic carbocycles. The second kappa shape index (κ2) is 9.65. The van der Waals surface area contributed by atoms with Crippen molar-refractivity contribution in [3.63, 3.8) is 0 Å². The molecule has 0 bridgehead atoms. The summed E-state index contributed by atoms with van der Waals surface area (Å²) >= 11 is 0. The molecule has 0 radical (unpaired) electrons. The zero-order valence-electron chi connectivity index (χ0n) is 11.3. The standard InChI is InChI=1S/C13H23N3O2/c1-3-5-8-17-9-6-14-12-10-13(16-11-15-12)18-7-4-2/h10-11H,3-9H2,1-2H3,(H,14,15,16). The maximum absolute atomic E-state index is 5.45. The van der Waals surface area contributed by atoms with Crippen molar-refractivity contribution in [3.05, 3.63) is 12.4 Å². The Bertz CT molecular complexity index is 321. The van der Waals surface area contributed by atoms with Crippen LogP contribution in [0.1, 0.15) is 33.1 Å². The van der Waals surface area contributed by atoms with Gasteiger partial charge in [-0.05, 0) is 12.8 Å². The van der Waals surface area contributed by atoms with E-state index in [1.165, 1.54) is 6.33 Å². The molecule has 5 heteroatoms. The van der Waals surface area contributed by atoms with Crippen molar-refractivity contribution in [1.82, 2.24) is 9.97 Å². The molecule has 0 fully saturated rings. The van der Waals surface area contributed by atoms with Gasteiger partial charge >= 0.3 is 0 Å². The Balaban J connectivity index is 2.20. The number of hydrogen-bond acceptors (Lipinski definition) is 5. The van der Waals surface area contributed by atoms with Crippen molar-refractivity contribution in [1.29, 1.82) is 0 Å². The van der Waals surface area contributed by atoms with Crippen molar-refractivity contribution >= 4 is 5.82 Å². The first-order chi connectivity index (χ1) is 8.86. The molecule has 18 heavy (non-hydrogen) atoms. The van der Waals surface area contributed by atoms with Crippen LogP contribution in [0.3, 0.4) is 0 Å². The number of nitrogens with zero attached hydrogens (tertiary/aromatic N) is 2. The molecule has 0 unspecified atom stereocenters. The lowest BCUT2D eigenvalue weighted by Gasteiger charge is -2.08. The van der Waals surface area contributed by atoms with Crippen molar-refractivity contribution < 1.29 is 9.47 Å². The van der Waals surface area contributed by atoms with Gasteiger partial charge < -0.3 is 14.8 Å². The normalized spacial score (nSPS) is 10.3. The summed E-state index contributed by atoms with van der Waals surface area (Å²) < 4.78 is 10.9. The van der Waals surface area contributed by atoms with Gasteiger partial charge in [-0.2, -0.15) is 0 Å². The van der Waals surface area contributed by atoms with E-state index in [0.29, 0.717) is 19.1 Å². The Morgan fingerprint density at radius 3 is 2.78 bits per heavy atom. The predicted octanol–water partition coefficient (Wildman–Crippen LogP) is 2.49. The van der Waals surface area contributed by atoms with Gasteiger partial charge in [-0.3, -0.25) is 0 Å². The van der Waals surface area contributed by atoms with E-state index in [2.05, 4.69) is 29.1 Å². The second-order valence-electron chi connectivity index (χ2n) is 3.98. The summed E-state index contributed by atoms with van der Waals surface area (Å²) in [6.07, 6.45) is 4.75. The maximum Gasteiger partial charge on any atom is 0.218 e. The molecule has 1 aromatic heterocycles. The fourth-order valence-corrected chi connectivity index (χ4v) is 1.32. The van der Waals surface area contributed by atoms with E-state index in [9.17, 15) is 0 Å².